The highest BCUT2D eigenvalue weighted by molar-refractivity contribution is 5.70. The molecule has 3 nitrogen and oxygen atoms in total. The van der Waals surface area contributed by atoms with Gasteiger partial charge in [-0.3, -0.25) is 4.79 Å². The molecule has 1 unspecified atom stereocenters. The first-order valence-electron chi connectivity index (χ1n) is 4.65. The Morgan fingerprint density at radius 3 is 2.50 bits per heavy atom. The van der Waals surface area contributed by atoms with E-state index in [0.29, 0.717) is 0 Å². The molecule has 0 rings (SSSR count). The van der Waals surface area contributed by atoms with Gasteiger partial charge in [-0.25, -0.2) is 0 Å². The zero-order valence-electron chi connectivity index (χ0n) is 7.75. The van der Waals surface area contributed by atoms with Crippen LogP contribution in [-0.2, 0) is 4.79 Å². The third-order valence-electron chi connectivity index (χ3n) is 2.04. The second-order valence-electron chi connectivity index (χ2n) is 3.12. The minimum atomic E-state index is -0.756. The van der Waals surface area contributed by atoms with E-state index in [0.717, 1.165) is 19.3 Å². The quantitative estimate of drug-likeness (QED) is 0.575. The molecule has 12 heavy (non-hydrogen) atoms. The lowest BCUT2D eigenvalue weighted by molar-refractivity contribution is -0.141. The predicted molar refractivity (Wildman–Crippen MR) is 48.9 cm³/mol. The van der Waals surface area contributed by atoms with Crippen molar-refractivity contribution in [1.29, 1.82) is 0 Å². The summed E-state index contributed by atoms with van der Waals surface area (Å²) >= 11 is 0. The van der Waals surface area contributed by atoms with E-state index >= 15 is 0 Å². The fourth-order valence-electron chi connectivity index (χ4n) is 1.16. The van der Waals surface area contributed by atoms with Crippen LogP contribution in [-0.4, -0.2) is 17.6 Å². The maximum atomic E-state index is 10.5. The summed E-state index contributed by atoms with van der Waals surface area (Å²) in [5.41, 5.74) is 5.31. The first kappa shape index (κ1) is 11.4. The second kappa shape index (κ2) is 7.10. The fourth-order valence-corrected chi connectivity index (χ4v) is 1.16. The molecule has 0 heterocycles. The van der Waals surface area contributed by atoms with Crippen molar-refractivity contribution in [3.63, 3.8) is 0 Å². The first-order valence-corrected chi connectivity index (χ1v) is 4.65. The molecule has 72 valence electrons. The number of carboxylic acids is 1. The lowest BCUT2D eigenvalue weighted by Crippen LogP contribution is -2.23. The van der Waals surface area contributed by atoms with Crippen molar-refractivity contribution in [3.8, 4) is 0 Å². The first-order chi connectivity index (χ1) is 5.72. The summed E-state index contributed by atoms with van der Waals surface area (Å²) in [6.07, 6.45) is 5.21. The summed E-state index contributed by atoms with van der Waals surface area (Å²) in [6.45, 7) is 2.40. The van der Waals surface area contributed by atoms with Gasteiger partial charge in [0.15, 0.2) is 0 Å². The van der Waals surface area contributed by atoms with Gasteiger partial charge in [0.1, 0.15) is 0 Å². The average molecular weight is 173 g/mol. The predicted octanol–water partition coefficient (Wildman–Crippen LogP) is 1.62. The molecule has 1 atom stereocenters. The molecule has 0 aromatic carbocycles. The van der Waals surface area contributed by atoms with Crippen LogP contribution in [0.5, 0.6) is 0 Å². The summed E-state index contributed by atoms with van der Waals surface area (Å²) in [6, 6.07) is 0. The van der Waals surface area contributed by atoms with Gasteiger partial charge >= 0.3 is 5.97 Å². The Morgan fingerprint density at radius 2 is 2.08 bits per heavy atom. The molecule has 0 amide bonds. The van der Waals surface area contributed by atoms with Gasteiger partial charge in [0, 0.05) is 6.54 Å². The van der Waals surface area contributed by atoms with Crippen LogP contribution in [0.15, 0.2) is 0 Å². The van der Waals surface area contributed by atoms with Crippen LogP contribution in [0.3, 0.4) is 0 Å². The van der Waals surface area contributed by atoms with Gasteiger partial charge in [-0.05, 0) is 6.42 Å². The molecule has 3 N–H and O–H groups in total. The van der Waals surface area contributed by atoms with Crippen molar-refractivity contribution in [2.75, 3.05) is 6.54 Å². The largest absolute Gasteiger partial charge is 0.481 e. The molecule has 0 aliphatic rings. The van der Waals surface area contributed by atoms with Gasteiger partial charge in [0.25, 0.3) is 0 Å². The average Bonchev–Trinajstić information content (AvgIpc) is 2.04. The topological polar surface area (TPSA) is 63.3 Å². The zero-order chi connectivity index (χ0) is 9.40. The molecule has 0 aliphatic heterocycles. The molecule has 0 fully saturated rings. The monoisotopic (exact) mass is 173 g/mol. The van der Waals surface area contributed by atoms with Crippen LogP contribution < -0.4 is 5.73 Å². The van der Waals surface area contributed by atoms with Crippen molar-refractivity contribution < 1.29 is 9.90 Å². The maximum Gasteiger partial charge on any atom is 0.307 e. The van der Waals surface area contributed by atoms with Gasteiger partial charge in [-0.2, -0.15) is 0 Å². The Kier molecular flexibility index (Phi) is 6.76. The smallest absolute Gasteiger partial charge is 0.307 e. The molecule has 0 aromatic heterocycles. The number of hydrogen-bond acceptors (Lipinski definition) is 2. The molecule has 3 heteroatoms. The Bertz CT molecular complexity index is 126. The van der Waals surface area contributed by atoms with E-state index < -0.39 is 5.97 Å². The van der Waals surface area contributed by atoms with Gasteiger partial charge in [0.05, 0.1) is 5.92 Å². The van der Waals surface area contributed by atoms with Crippen molar-refractivity contribution in [2.24, 2.45) is 11.7 Å². The lowest BCUT2D eigenvalue weighted by Gasteiger charge is -2.08. The fraction of sp³-hybridized carbons (Fsp3) is 0.889. The highest BCUT2D eigenvalue weighted by Gasteiger charge is 2.13. The zero-order valence-corrected chi connectivity index (χ0v) is 7.75. The number of carboxylic acid groups (broad SMARTS) is 1. The molecular weight excluding hydrogens is 154 g/mol. The third-order valence-corrected chi connectivity index (χ3v) is 2.04. The summed E-state index contributed by atoms with van der Waals surface area (Å²) in [5, 5.41) is 8.65. The normalized spacial score (nSPS) is 12.8. The molecule has 0 aromatic rings. The standard InChI is InChI=1S/C9H19NO2/c1-2-3-4-5-6-8(7-10)9(11)12/h8H,2-7,10H2,1H3,(H,11,12). The molecular formula is C9H19NO2. The van der Waals surface area contributed by atoms with E-state index in [1.54, 1.807) is 0 Å². The van der Waals surface area contributed by atoms with E-state index in [4.69, 9.17) is 10.8 Å². The number of carbonyl (C=O) groups is 1. The summed E-state index contributed by atoms with van der Waals surface area (Å²) in [4.78, 5) is 10.5. The van der Waals surface area contributed by atoms with Gasteiger partial charge in [0.2, 0.25) is 0 Å². The van der Waals surface area contributed by atoms with E-state index in [2.05, 4.69) is 6.92 Å². The van der Waals surface area contributed by atoms with Gasteiger partial charge in [-0.1, -0.05) is 32.6 Å². The summed E-state index contributed by atoms with van der Waals surface area (Å²) in [5.74, 6) is -1.09. The van der Waals surface area contributed by atoms with Crippen LogP contribution in [0.1, 0.15) is 39.0 Å². The number of nitrogens with two attached hydrogens (primary N) is 1. The van der Waals surface area contributed by atoms with Crippen LogP contribution in [0.4, 0.5) is 0 Å². The lowest BCUT2D eigenvalue weighted by atomic mass is 10.0. The summed E-state index contributed by atoms with van der Waals surface area (Å²) in [7, 11) is 0. The van der Waals surface area contributed by atoms with E-state index in [9.17, 15) is 4.79 Å². The van der Waals surface area contributed by atoms with Crippen molar-refractivity contribution in [1.82, 2.24) is 0 Å². The highest BCUT2D eigenvalue weighted by Crippen LogP contribution is 2.09. The van der Waals surface area contributed by atoms with Crippen LogP contribution >= 0.6 is 0 Å². The molecule has 0 saturated heterocycles. The van der Waals surface area contributed by atoms with E-state index in [1.165, 1.54) is 12.8 Å². The van der Waals surface area contributed by atoms with Crippen LogP contribution in [0, 0.1) is 5.92 Å². The maximum absolute atomic E-state index is 10.5. The van der Waals surface area contributed by atoms with Crippen molar-refractivity contribution in [2.45, 2.75) is 39.0 Å². The second-order valence-corrected chi connectivity index (χ2v) is 3.12. The number of aliphatic carboxylic acids is 1. The van der Waals surface area contributed by atoms with Gasteiger partial charge < -0.3 is 10.8 Å². The molecule has 0 spiro atoms. The summed E-state index contributed by atoms with van der Waals surface area (Å²) < 4.78 is 0. The molecule has 0 radical (unpaired) electrons. The SMILES string of the molecule is CCCCCCC(CN)C(=O)O. The van der Waals surface area contributed by atoms with Crippen molar-refractivity contribution >= 4 is 5.97 Å². The number of unbranched alkanes of at least 4 members (excludes halogenated alkanes) is 3. The Balaban J connectivity index is 3.38. The van der Waals surface area contributed by atoms with Crippen LogP contribution in [0.25, 0.3) is 0 Å². The molecule has 0 saturated carbocycles. The Hall–Kier alpha value is -0.570. The van der Waals surface area contributed by atoms with Crippen molar-refractivity contribution in [3.05, 3.63) is 0 Å². The molecule has 0 bridgehead atoms. The molecule has 0 aliphatic carbocycles. The number of rotatable bonds is 7. The van der Waals surface area contributed by atoms with Crippen LogP contribution in [0.2, 0.25) is 0 Å². The van der Waals surface area contributed by atoms with Gasteiger partial charge in [-0.15, -0.1) is 0 Å². The Morgan fingerprint density at radius 1 is 1.42 bits per heavy atom. The third kappa shape index (κ3) is 5.13. The minimum Gasteiger partial charge on any atom is -0.481 e. The highest BCUT2D eigenvalue weighted by atomic mass is 16.4. The van der Waals surface area contributed by atoms with E-state index in [-0.39, 0.29) is 12.5 Å². The number of hydrogen-bond donors (Lipinski definition) is 2. The Labute approximate surface area is 74.0 Å². The van der Waals surface area contributed by atoms with E-state index in [1.807, 2.05) is 0 Å². The minimum absolute atomic E-state index is 0.265.